The van der Waals surface area contributed by atoms with Crippen LogP contribution in [0, 0.1) is 0 Å². The van der Waals surface area contributed by atoms with Crippen molar-refractivity contribution in [3.05, 3.63) is 23.8 Å². The van der Waals surface area contributed by atoms with Gasteiger partial charge in [-0.05, 0) is 62.8 Å². The largest absolute Gasteiger partial charge is 0.493 e. The molecule has 0 aromatic heterocycles. The molecule has 1 saturated carbocycles. The summed E-state index contributed by atoms with van der Waals surface area (Å²) in [6.45, 7) is 1.45. The lowest BCUT2D eigenvalue weighted by molar-refractivity contribution is -0.122. The van der Waals surface area contributed by atoms with Crippen LogP contribution in [0.2, 0.25) is 0 Å². The molecule has 1 atom stereocenters. The average Bonchev–Trinajstić information content (AvgIpc) is 3.26. The zero-order valence-corrected chi connectivity index (χ0v) is 13.8. The van der Waals surface area contributed by atoms with Crippen molar-refractivity contribution in [1.29, 1.82) is 0 Å². The standard InChI is InChI=1S/C18H26N2O3/c1-22-16-9-8-13(11-17(16)23-14-5-2-3-6-14)12-20-18(21)15-7-4-10-19-15/h8-9,11,14-15,19H,2-7,10,12H2,1H3,(H,20,21). The van der Waals surface area contributed by atoms with Gasteiger partial charge >= 0.3 is 0 Å². The second-order valence-corrected chi connectivity index (χ2v) is 6.38. The first kappa shape index (κ1) is 16.1. The van der Waals surface area contributed by atoms with E-state index in [9.17, 15) is 4.79 Å². The summed E-state index contributed by atoms with van der Waals surface area (Å²) >= 11 is 0. The summed E-state index contributed by atoms with van der Waals surface area (Å²) in [6.07, 6.45) is 6.96. The van der Waals surface area contributed by atoms with Crippen LogP contribution in [0.3, 0.4) is 0 Å². The Bertz CT molecular complexity index is 535. The predicted molar refractivity (Wildman–Crippen MR) is 88.7 cm³/mol. The molecule has 1 unspecified atom stereocenters. The van der Waals surface area contributed by atoms with Gasteiger partial charge in [0.1, 0.15) is 0 Å². The monoisotopic (exact) mass is 318 g/mol. The van der Waals surface area contributed by atoms with E-state index >= 15 is 0 Å². The summed E-state index contributed by atoms with van der Waals surface area (Å²) in [4.78, 5) is 12.1. The summed E-state index contributed by atoms with van der Waals surface area (Å²) in [5.74, 6) is 1.62. The molecule has 1 amide bonds. The fraction of sp³-hybridized carbons (Fsp3) is 0.611. The van der Waals surface area contributed by atoms with Crippen molar-refractivity contribution in [2.45, 2.75) is 57.2 Å². The number of nitrogens with one attached hydrogen (secondary N) is 2. The van der Waals surface area contributed by atoms with Crippen LogP contribution in [-0.2, 0) is 11.3 Å². The van der Waals surface area contributed by atoms with Crippen LogP contribution in [-0.4, -0.2) is 31.7 Å². The van der Waals surface area contributed by atoms with Crippen LogP contribution < -0.4 is 20.1 Å². The van der Waals surface area contributed by atoms with Gasteiger partial charge in [-0.15, -0.1) is 0 Å². The Kier molecular flexibility index (Phi) is 5.39. The van der Waals surface area contributed by atoms with E-state index in [2.05, 4.69) is 10.6 Å². The van der Waals surface area contributed by atoms with Gasteiger partial charge in [0, 0.05) is 6.54 Å². The Morgan fingerprint density at radius 1 is 1.22 bits per heavy atom. The van der Waals surface area contributed by atoms with Gasteiger partial charge in [-0.1, -0.05) is 6.07 Å². The molecule has 5 nitrogen and oxygen atoms in total. The SMILES string of the molecule is COc1ccc(CNC(=O)C2CCCN2)cc1OC1CCCC1. The second kappa shape index (κ2) is 7.68. The number of hydrogen-bond donors (Lipinski definition) is 2. The Morgan fingerprint density at radius 3 is 2.74 bits per heavy atom. The smallest absolute Gasteiger partial charge is 0.237 e. The van der Waals surface area contributed by atoms with Crippen molar-refractivity contribution in [1.82, 2.24) is 10.6 Å². The quantitative estimate of drug-likeness (QED) is 0.845. The molecule has 23 heavy (non-hydrogen) atoms. The summed E-state index contributed by atoms with van der Waals surface area (Å²) in [6, 6.07) is 5.84. The van der Waals surface area contributed by atoms with Gasteiger partial charge in [0.25, 0.3) is 0 Å². The highest BCUT2D eigenvalue weighted by Gasteiger charge is 2.22. The molecule has 126 valence electrons. The second-order valence-electron chi connectivity index (χ2n) is 6.38. The van der Waals surface area contributed by atoms with Crippen LogP contribution in [0.1, 0.15) is 44.1 Å². The number of carbonyl (C=O) groups excluding carboxylic acids is 1. The maximum atomic E-state index is 12.1. The van der Waals surface area contributed by atoms with Crippen LogP contribution in [0.4, 0.5) is 0 Å². The van der Waals surface area contributed by atoms with Crippen molar-refractivity contribution in [3.63, 3.8) is 0 Å². The molecule has 0 bridgehead atoms. The van der Waals surface area contributed by atoms with Crippen molar-refractivity contribution >= 4 is 5.91 Å². The molecule has 0 spiro atoms. The highest BCUT2D eigenvalue weighted by atomic mass is 16.5. The lowest BCUT2D eigenvalue weighted by Gasteiger charge is -2.17. The van der Waals surface area contributed by atoms with E-state index in [4.69, 9.17) is 9.47 Å². The fourth-order valence-corrected chi connectivity index (χ4v) is 3.33. The molecule has 2 N–H and O–H groups in total. The molecular weight excluding hydrogens is 292 g/mol. The van der Waals surface area contributed by atoms with Gasteiger partial charge in [0.05, 0.1) is 19.3 Å². The zero-order chi connectivity index (χ0) is 16.1. The molecule has 1 aliphatic carbocycles. The number of benzene rings is 1. The molecule has 1 heterocycles. The molecule has 1 aliphatic heterocycles. The van der Waals surface area contributed by atoms with Gasteiger partial charge < -0.3 is 20.1 Å². The van der Waals surface area contributed by atoms with Gasteiger partial charge in [-0.3, -0.25) is 4.79 Å². The highest BCUT2D eigenvalue weighted by Crippen LogP contribution is 2.32. The molecule has 2 aliphatic rings. The van der Waals surface area contributed by atoms with E-state index in [1.165, 1.54) is 12.8 Å². The first-order valence-electron chi connectivity index (χ1n) is 8.61. The van der Waals surface area contributed by atoms with E-state index < -0.39 is 0 Å². The Balaban J connectivity index is 1.61. The van der Waals surface area contributed by atoms with Crippen molar-refractivity contribution in [2.75, 3.05) is 13.7 Å². The van der Waals surface area contributed by atoms with E-state index in [-0.39, 0.29) is 18.1 Å². The number of methoxy groups -OCH3 is 1. The van der Waals surface area contributed by atoms with E-state index in [1.54, 1.807) is 7.11 Å². The molecule has 5 heteroatoms. The Hall–Kier alpha value is -1.75. The minimum atomic E-state index is -0.0394. The molecule has 1 saturated heterocycles. The number of ether oxygens (including phenoxy) is 2. The lowest BCUT2D eigenvalue weighted by atomic mass is 10.1. The lowest BCUT2D eigenvalue weighted by Crippen LogP contribution is -2.39. The average molecular weight is 318 g/mol. The van der Waals surface area contributed by atoms with Gasteiger partial charge in [0.15, 0.2) is 11.5 Å². The Labute approximate surface area is 137 Å². The minimum Gasteiger partial charge on any atom is -0.493 e. The van der Waals surface area contributed by atoms with Crippen molar-refractivity contribution in [2.24, 2.45) is 0 Å². The number of rotatable bonds is 6. The van der Waals surface area contributed by atoms with Crippen molar-refractivity contribution in [3.8, 4) is 11.5 Å². The third kappa shape index (κ3) is 4.16. The zero-order valence-electron chi connectivity index (χ0n) is 13.8. The predicted octanol–water partition coefficient (Wildman–Crippen LogP) is 2.38. The normalized spacial score (nSPS) is 21.3. The van der Waals surface area contributed by atoms with Crippen LogP contribution in [0.25, 0.3) is 0 Å². The third-order valence-corrected chi connectivity index (χ3v) is 4.67. The third-order valence-electron chi connectivity index (χ3n) is 4.67. The summed E-state index contributed by atoms with van der Waals surface area (Å²) in [5, 5.41) is 6.22. The van der Waals surface area contributed by atoms with Crippen LogP contribution in [0.15, 0.2) is 18.2 Å². The maximum Gasteiger partial charge on any atom is 0.237 e. The molecular formula is C18H26N2O3. The first-order valence-corrected chi connectivity index (χ1v) is 8.61. The maximum absolute atomic E-state index is 12.1. The van der Waals surface area contributed by atoms with Crippen LogP contribution in [0.5, 0.6) is 11.5 Å². The molecule has 2 fully saturated rings. The molecule has 0 radical (unpaired) electrons. The first-order chi connectivity index (χ1) is 11.3. The van der Waals surface area contributed by atoms with Crippen molar-refractivity contribution < 1.29 is 14.3 Å². The van der Waals surface area contributed by atoms with Crippen LogP contribution >= 0.6 is 0 Å². The van der Waals surface area contributed by atoms with E-state index in [1.807, 2.05) is 18.2 Å². The summed E-state index contributed by atoms with van der Waals surface area (Å²) in [7, 11) is 1.66. The highest BCUT2D eigenvalue weighted by molar-refractivity contribution is 5.82. The van der Waals surface area contributed by atoms with Gasteiger partial charge in [-0.2, -0.15) is 0 Å². The van der Waals surface area contributed by atoms with Gasteiger partial charge in [0.2, 0.25) is 5.91 Å². The van der Waals surface area contributed by atoms with Gasteiger partial charge in [-0.25, -0.2) is 0 Å². The number of amides is 1. The molecule has 1 aromatic carbocycles. The molecule has 3 rings (SSSR count). The number of carbonyl (C=O) groups is 1. The summed E-state index contributed by atoms with van der Waals surface area (Å²) in [5.41, 5.74) is 1.03. The van der Waals surface area contributed by atoms with E-state index in [0.29, 0.717) is 6.54 Å². The number of hydrogen-bond acceptors (Lipinski definition) is 4. The fourth-order valence-electron chi connectivity index (χ4n) is 3.33. The Morgan fingerprint density at radius 2 is 2.04 bits per heavy atom. The van der Waals surface area contributed by atoms with E-state index in [0.717, 1.165) is 49.3 Å². The molecule has 1 aromatic rings. The summed E-state index contributed by atoms with van der Waals surface area (Å²) < 4.78 is 11.5. The topological polar surface area (TPSA) is 59.6 Å². The minimum absolute atomic E-state index is 0.0394.